The summed E-state index contributed by atoms with van der Waals surface area (Å²) in [7, 11) is 0. The van der Waals surface area contributed by atoms with E-state index in [1.807, 2.05) is 39.0 Å². The van der Waals surface area contributed by atoms with Gasteiger partial charge in [0.25, 0.3) is 0 Å². The lowest BCUT2D eigenvalue weighted by molar-refractivity contribution is -0.144. The maximum atomic E-state index is 13.5. The molecule has 3 atom stereocenters. The summed E-state index contributed by atoms with van der Waals surface area (Å²) in [6, 6.07) is 10.7. The van der Waals surface area contributed by atoms with E-state index in [4.69, 9.17) is 5.26 Å². The minimum Gasteiger partial charge on any atom is -0.480 e. The van der Waals surface area contributed by atoms with Gasteiger partial charge >= 0.3 is 11.9 Å². The Bertz CT molecular complexity index is 1550. The van der Waals surface area contributed by atoms with Crippen LogP contribution in [0.5, 0.6) is 0 Å². The number of aliphatic carboxylic acids is 2. The molecule has 1 aliphatic heterocycles. The number of nitrogens with zero attached hydrogens (tertiary/aromatic N) is 3. The smallest absolute Gasteiger partial charge is 0.326 e. The lowest BCUT2D eigenvalue weighted by Crippen LogP contribution is -2.46. The third-order valence-corrected chi connectivity index (χ3v) is 7.38. The topological polar surface area (TPSA) is 213 Å². The molecule has 0 spiro atoms. The van der Waals surface area contributed by atoms with Crippen molar-refractivity contribution in [2.75, 3.05) is 10.6 Å². The van der Waals surface area contributed by atoms with Crippen LogP contribution in [-0.4, -0.2) is 62.8 Å². The van der Waals surface area contributed by atoms with E-state index in [0.29, 0.717) is 28.9 Å². The predicted octanol–water partition coefficient (Wildman–Crippen LogP) is 3.59. The van der Waals surface area contributed by atoms with Gasteiger partial charge in [-0.25, -0.2) is 9.59 Å². The molecule has 3 amide bonds. The predicted molar refractivity (Wildman–Crippen MR) is 174 cm³/mol. The molecule has 0 bridgehead atoms. The SMILES string of the molecule is CC(=O)N1Cc2cc(NC(=NC#N)Nc3ccccc3)ccc2C1C(=O)NC(CCCCC(NC(=O)CC(C)(C)C)C(=O)O)C(=O)O. The van der Waals surface area contributed by atoms with Crippen LogP contribution in [-0.2, 0) is 30.5 Å². The molecular formula is C33H41N7O7. The van der Waals surface area contributed by atoms with Gasteiger partial charge in [0.2, 0.25) is 29.9 Å². The maximum absolute atomic E-state index is 13.5. The molecule has 0 saturated heterocycles. The molecule has 0 radical (unpaired) electrons. The van der Waals surface area contributed by atoms with Gasteiger partial charge in [-0.1, -0.05) is 57.9 Å². The van der Waals surface area contributed by atoms with E-state index < -0.39 is 36.0 Å². The lowest BCUT2D eigenvalue weighted by atomic mass is 9.91. The summed E-state index contributed by atoms with van der Waals surface area (Å²) in [5.41, 5.74) is 2.11. The minimum atomic E-state index is -1.28. The second-order valence-electron chi connectivity index (χ2n) is 12.5. The first-order valence-corrected chi connectivity index (χ1v) is 15.2. The number of nitrogens with one attached hydrogen (secondary N) is 4. The van der Waals surface area contributed by atoms with Crippen LogP contribution in [0.25, 0.3) is 0 Å². The first-order valence-electron chi connectivity index (χ1n) is 15.2. The number of carbonyl (C=O) groups excluding carboxylic acids is 3. The molecule has 0 aliphatic carbocycles. The molecule has 3 rings (SSSR count). The largest absolute Gasteiger partial charge is 0.480 e. The quantitative estimate of drug-likeness (QED) is 0.0804. The standard InChI is InChI=1S/C33H41N7O7/c1-20(41)40-18-21-16-23(37-32(35-19-34)36-22-10-6-5-7-11-22)14-15-24(21)28(40)29(43)39-26(31(46)47)13-9-8-12-25(30(44)45)38-27(42)17-33(2,3)4/h5-7,10-11,14-16,25-26,28H,8-9,12-13,17-18H2,1-4H3,(H,38,42)(H,39,43)(H,44,45)(H,46,47)(H2,35,36,37). The zero-order valence-electron chi connectivity index (χ0n) is 26.9. The van der Waals surface area contributed by atoms with E-state index in [0.717, 1.165) is 0 Å². The molecule has 47 heavy (non-hydrogen) atoms. The van der Waals surface area contributed by atoms with E-state index in [1.54, 1.807) is 36.5 Å². The summed E-state index contributed by atoms with van der Waals surface area (Å²) in [6.45, 7) is 7.02. The number of nitriles is 1. The number of guanidine groups is 1. The second kappa shape index (κ2) is 16.2. The van der Waals surface area contributed by atoms with Crippen LogP contribution in [0.2, 0.25) is 0 Å². The summed E-state index contributed by atoms with van der Waals surface area (Å²) in [5.74, 6) is -3.71. The molecule has 250 valence electrons. The molecule has 14 nitrogen and oxygen atoms in total. The fourth-order valence-electron chi connectivity index (χ4n) is 5.23. The van der Waals surface area contributed by atoms with Gasteiger partial charge in [-0.15, -0.1) is 4.99 Å². The Kier molecular flexibility index (Phi) is 12.4. The van der Waals surface area contributed by atoms with Crippen molar-refractivity contribution in [3.63, 3.8) is 0 Å². The van der Waals surface area contributed by atoms with E-state index in [-0.39, 0.29) is 55.4 Å². The van der Waals surface area contributed by atoms with E-state index in [9.17, 15) is 34.2 Å². The number of unbranched alkanes of at least 4 members (excludes halogenated alkanes) is 1. The number of benzene rings is 2. The second-order valence-corrected chi connectivity index (χ2v) is 12.5. The first kappa shape index (κ1) is 36.0. The summed E-state index contributed by atoms with van der Waals surface area (Å²) in [4.78, 5) is 67.1. The monoisotopic (exact) mass is 647 g/mol. The molecule has 0 saturated carbocycles. The Balaban J connectivity index is 1.66. The average Bonchev–Trinajstić information content (AvgIpc) is 3.37. The highest BCUT2D eigenvalue weighted by Crippen LogP contribution is 2.36. The van der Waals surface area contributed by atoms with Crippen molar-refractivity contribution in [1.82, 2.24) is 15.5 Å². The van der Waals surface area contributed by atoms with Gasteiger partial charge in [0, 0.05) is 31.3 Å². The molecule has 0 fully saturated rings. The van der Waals surface area contributed by atoms with Crippen LogP contribution in [0.4, 0.5) is 11.4 Å². The summed E-state index contributed by atoms with van der Waals surface area (Å²) >= 11 is 0. The number of carboxylic acids is 2. The van der Waals surface area contributed by atoms with Crippen molar-refractivity contribution in [1.29, 1.82) is 5.26 Å². The Morgan fingerprint density at radius 2 is 1.53 bits per heavy atom. The van der Waals surface area contributed by atoms with Crippen molar-refractivity contribution in [2.24, 2.45) is 10.4 Å². The lowest BCUT2D eigenvalue weighted by Gasteiger charge is -2.25. The highest BCUT2D eigenvalue weighted by Gasteiger charge is 2.38. The van der Waals surface area contributed by atoms with Crippen LogP contribution in [0.15, 0.2) is 53.5 Å². The van der Waals surface area contributed by atoms with Gasteiger partial charge in [0.1, 0.15) is 18.1 Å². The molecule has 1 heterocycles. The van der Waals surface area contributed by atoms with Gasteiger partial charge in [-0.2, -0.15) is 5.26 Å². The first-order chi connectivity index (χ1) is 22.2. The number of rotatable bonds is 13. The van der Waals surface area contributed by atoms with E-state index >= 15 is 0 Å². The zero-order chi connectivity index (χ0) is 34.7. The number of carboxylic acid groups (broad SMARTS) is 2. The molecule has 2 aromatic rings. The molecular weight excluding hydrogens is 606 g/mol. The van der Waals surface area contributed by atoms with Crippen molar-refractivity contribution in [2.45, 2.75) is 84.5 Å². The Labute approximate surface area is 273 Å². The Morgan fingerprint density at radius 1 is 0.936 bits per heavy atom. The number of fused-ring (bicyclic) bond motifs is 1. The molecule has 2 aromatic carbocycles. The number of para-hydroxylation sites is 1. The van der Waals surface area contributed by atoms with Gasteiger partial charge in [0.15, 0.2) is 0 Å². The number of anilines is 2. The molecule has 3 unspecified atom stereocenters. The maximum Gasteiger partial charge on any atom is 0.326 e. The van der Waals surface area contributed by atoms with Crippen LogP contribution >= 0.6 is 0 Å². The van der Waals surface area contributed by atoms with Gasteiger partial charge in [-0.05, 0) is 53.6 Å². The molecule has 6 N–H and O–H groups in total. The highest BCUT2D eigenvalue weighted by atomic mass is 16.4. The molecule has 14 heteroatoms. The van der Waals surface area contributed by atoms with Crippen molar-refractivity contribution < 1.29 is 34.2 Å². The van der Waals surface area contributed by atoms with E-state index in [2.05, 4.69) is 26.3 Å². The fraction of sp³-hybridized carbons (Fsp3) is 0.424. The molecule has 1 aliphatic rings. The van der Waals surface area contributed by atoms with Gasteiger partial charge in [0.05, 0.1) is 0 Å². The third kappa shape index (κ3) is 10.8. The van der Waals surface area contributed by atoms with Crippen molar-refractivity contribution in [3.8, 4) is 6.19 Å². The van der Waals surface area contributed by atoms with Crippen LogP contribution in [0.3, 0.4) is 0 Å². The number of hydrogen-bond donors (Lipinski definition) is 6. The minimum absolute atomic E-state index is 0.0152. The van der Waals surface area contributed by atoms with Crippen LogP contribution in [0.1, 0.15) is 77.0 Å². The summed E-state index contributed by atoms with van der Waals surface area (Å²) in [5, 5.41) is 39.6. The highest BCUT2D eigenvalue weighted by molar-refractivity contribution is 6.04. The summed E-state index contributed by atoms with van der Waals surface area (Å²) in [6.07, 6.45) is 2.58. The van der Waals surface area contributed by atoms with E-state index in [1.165, 1.54) is 11.8 Å². The van der Waals surface area contributed by atoms with Crippen molar-refractivity contribution in [3.05, 3.63) is 59.7 Å². The number of amides is 3. The average molecular weight is 648 g/mol. The fourth-order valence-corrected chi connectivity index (χ4v) is 5.23. The summed E-state index contributed by atoms with van der Waals surface area (Å²) < 4.78 is 0. The zero-order valence-corrected chi connectivity index (χ0v) is 26.9. The number of aliphatic imine (C=N–C) groups is 1. The number of hydrogen-bond acceptors (Lipinski definition) is 7. The molecule has 0 aromatic heterocycles. The number of carbonyl (C=O) groups is 5. The van der Waals surface area contributed by atoms with Crippen LogP contribution < -0.4 is 21.3 Å². The van der Waals surface area contributed by atoms with Crippen molar-refractivity contribution >= 4 is 47.0 Å². The van der Waals surface area contributed by atoms with Gasteiger partial charge < -0.3 is 36.4 Å². The third-order valence-electron chi connectivity index (χ3n) is 7.38. The normalized spacial score (nSPS) is 15.4. The Hall–Kier alpha value is -5.45. The van der Waals surface area contributed by atoms with Crippen LogP contribution in [0, 0.1) is 16.9 Å². The Morgan fingerprint density at radius 3 is 2.09 bits per heavy atom. The van der Waals surface area contributed by atoms with Gasteiger partial charge in [-0.3, -0.25) is 14.4 Å².